The zero-order valence-electron chi connectivity index (χ0n) is 11.6. The Kier molecular flexibility index (Phi) is 3.20. The maximum atomic E-state index is 9.22. The SMILES string of the molecule is Cc1ccc(NCC23CCCN2CCC3)c(C#N)c1. The maximum Gasteiger partial charge on any atom is 0.101 e. The highest BCUT2D eigenvalue weighted by molar-refractivity contribution is 5.58. The third-order valence-corrected chi connectivity index (χ3v) is 4.71. The molecule has 3 heteroatoms. The Labute approximate surface area is 115 Å². The number of nitrogens with one attached hydrogen (secondary N) is 1. The lowest BCUT2D eigenvalue weighted by atomic mass is 9.94. The molecule has 2 aliphatic heterocycles. The largest absolute Gasteiger partial charge is 0.382 e. The van der Waals surface area contributed by atoms with Gasteiger partial charge in [-0.3, -0.25) is 4.90 Å². The number of hydrogen-bond acceptors (Lipinski definition) is 3. The fourth-order valence-electron chi connectivity index (χ4n) is 3.68. The Morgan fingerprint density at radius 2 is 2.05 bits per heavy atom. The molecule has 2 heterocycles. The zero-order valence-corrected chi connectivity index (χ0v) is 11.6. The van der Waals surface area contributed by atoms with Crippen LogP contribution in [0.3, 0.4) is 0 Å². The molecular weight excluding hydrogens is 234 g/mol. The molecule has 1 aromatic rings. The van der Waals surface area contributed by atoms with Crippen LogP contribution in [0, 0.1) is 18.3 Å². The summed E-state index contributed by atoms with van der Waals surface area (Å²) in [4.78, 5) is 2.64. The van der Waals surface area contributed by atoms with E-state index in [0.29, 0.717) is 5.54 Å². The molecule has 0 spiro atoms. The van der Waals surface area contributed by atoms with Crippen molar-refractivity contribution < 1.29 is 0 Å². The monoisotopic (exact) mass is 255 g/mol. The van der Waals surface area contributed by atoms with Gasteiger partial charge in [-0.05, 0) is 63.4 Å². The van der Waals surface area contributed by atoms with Crippen LogP contribution in [0.25, 0.3) is 0 Å². The number of rotatable bonds is 3. The summed E-state index contributed by atoms with van der Waals surface area (Å²) in [7, 11) is 0. The fourth-order valence-corrected chi connectivity index (χ4v) is 3.68. The molecule has 0 radical (unpaired) electrons. The highest BCUT2D eigenvalue weighted by Gasteiger charge is 2.43. The Balaban J connectivity index is 1.75. The van der Waals surface area contributed by atoms with Crippen LogP contribution >= 0.6 is 0 Å². The van der Waals surface area contributed by atoms with E-state index >= 15 is 0 Å². The normalized spacial score (nSPS) is 21.1. The van der Waals surface area contributed by atoms with Crippen LogP contribution in [0.15, 0.2) is 18.2 Å². The van der Waals surface area contributed by atoms with Gasteiger partial charge in [0.1, 0.15) is 6.07 Å². The predicted molar refractivity (Wildman–Crippen MR) is 77.2 cm³/mol. The molecule has 0 aromatic heterocycles. The second kappa shape index (κ2) is 4.86. The van der Waals surface area contributed by atoms with Gasteiger partial charge in [-0.2, -0.15) is 5.26 Å². The summed E-state index contributed by atoms with van der Waals surface area (Å²) in [5.74, 6) is 0. The van der Waals surface area contributed by atoms with E-state index in [1.165, 1.54) is 38.8 Å². The zero-order chi connectivity index (χ0) is 13.3. The van der Waals surface area contributed by atoms with Gasteiger partial charge in [0, 0.05) is 12.1 Å². The molecule has 3 rings (SSSR count). The summed E-state index contributed by atoms with van der Waals surface area (Å²) in [5.41, 5.74) is 3.25. The summed E-state index contributed by atoms with van der Waals surface area (Å²) in [5, 5.41) is 12.8. The molecule has 19 heavy (non-hydrogen) atoms. The molecule has 0 unspecified atom stereocenters. The van der Waals surface area contributed by atoms with E-state index < -0.39 is 0 Å². The van der Waals surface area contributed by atoms with Crippen molar-refractivity contribution >= 4 is 5.69 Å². The average molecular weight is 255 g/mol. The van der Waals surface area contributed by atoms with Gasteiger partial charge in [0.05, 0.1) is 11.3 Å². The molecule has 0 amide bonds. The van der Waals surface area contributed by atoms with Crippen LogP contribution < -0.4 is 5.32 Å². The number of nitriles is 1. The third-order valence-electron chi connectivity index (χ3n) is 4.71. The Bertz CT molecular complexity index is 505. The molecule has 0 bridgehead atoms. The van der Waals surface area contributed by atoms with Crippen LogP contribution in [0.2, 0.25) is 0 Å². The van der Waals surface area contributed by atoms with E-state index in [9.17, 15) is 5.26 Å². The van der Waals surface area contributed by atoms with E-state index in [4.69, 9.17) is 0 Å². The van der Waals surface area contributed by atoms with Crippen molar-refractivity contribution in [3.05, 3.63) is 29.3 Å². The van der Waals surface area contributed by atoms with Crippen molar-refractivity contribution in [3.8, 4) is 6.07 Å². The van der Waals surface area contributed by atoms with Gasteiger partial charge in [-0.25, -0.2) is 0 Å². The van der Waals surface area contributed by atoms with Gasteiger partial charge in [-0.1, -0.05) is 6.07 Å². The first-order valence-corrected chi connectivity index (χ1v) is 7.23. The number of anilines is 1. The first-order chi connectivity index (χ1) is 9.23. The Hall–Kier alpha value is -1.53. The minimum absolute atomic E-state index is 0.359. The number of nitrogens with zero attached hydrogens (tertiary/aromatic N) is 2. The minimum atomic E-state index is 0.359. The van der Waals surface area contributed by atoms with Crippen LogP contribution in [-0.4, -0.2) is 30.1 Å². The third kappa shape index (κ3) is 2.21. The van der Waals surface area contributed by atoms with Crippen LogP contribution in [0.5, 0.6) is 0 Å². The van der Waals surface area contributed by atoms with E-state index in [0.717, 1.165) is 23.4 Å². The fraction of sp³-hybridized carbons (Fsp3) is 0.562. The summed E-state index contributed by atoms with van der Waals surface area (Å²) in [6.45, 7) is 5.51. The van der Waals surface area contributed by atoms with E-state index in [1.807, 2.05) is 19.1 Å². The molecule has 0 saturated carbocycles. The highest BCUT2D eigenvalue weighted by atomic mass is 15.3. The maximum absolute atomic E-state index is 9.22. The Morgan fingerprint density at radius 3 is 2.74 bits per heavy atom. The first kappa shape index (κ1) is 12.5. The lowest BCUT2D eigenvalue weighted by molar-refractivity contribution is 0.209. The number of fused-ring (bicyclic) bond motifs is 1. The topological polar surface area (TPSA) is 39.1 Å². The smallest absolute Gasteiger partial charge is 0.101 e. The summed E-state index contributed by atoms with van der Waals surface area (Å²) in [6.07, 6.45) is 5.24. The molecular formula is C16H21N3. The van der Waals surface area contributed by atoms with Crippen molar-refractivity contribution in [3.63, 3.8) is 0 Å². The molecule has 2 fully saturated rings. The van der Waals surface area contributed by atoms with Crippen LogP contribution in [0.4, 0.5) is 5.69 Å². The second-order valence-electron chi connectivity index (χ2n) is 5.93. The van der Waals surface area contributed by atoms with Gasteiger partial charge in [0.2, 0.25) is 0 Å². The number of aryl methyl sites for hydroxylation is 1. The van der Waals surface area contributed by atoms with Crippen molar-refractivity contribution in [2.45, 2.75) is 38.1 Å². The van der Waals surface area contributed by atoms with Crippen molar-refractivity contribution in [2.75, 3.05) is 25.0 Å². The minimum Gasteiger partial charge on any atom is -0.382 e. The lowest BCUT2D eigenvalue weighted by Crippen LogP contribution is -2.44. The highest BCUT2D eigenvalue weighted by Crippen LogP contribution is 2.38. The quantitative estimate of drug-likeness (QED) is 0.902. The van der Waals surface area contributed by atoms with E-state index in [-0.39, 0.29) is 0 Å². The lowest BCUT2D eigenvalue weighted by Gasteiger charge is -2.32. The second-order valence-corrected chi connectivity index (χ2v) is 5.93. The molecule has 1 N–H and O–H groups in total. The Morgan fingerprint density at radius 1 is 1.32 bits per heavy atom. The molecule has 0 atom stereocenters. The molecule has 2 saturated heterocycles. The number of hydrogen-bond donors (Lipinski definition) is 1. The number of benzene rings is 1. The van der Waals surface area contributed by atoms with Gasteiger partial charge < -0.3 is 5.32 Å². The molecule has 3 nitrogen and oxygen atoms in total. The first-order valence-electron chi connectivity index (χ1n) is 7.23. The van der Waals surface area contributed by atoms with Crippen molar-refractivity contribution in [1.29, 1.82) is 5.26 Å². The van der Waals surface area contributed by atoms with Gasteiger partial charge >= 0.3 is 0 Å². The van der Waals surface area contributed by atoms with Crippen molar-refractivity contribution in [1.82, 2.24) is 4.90 Å². The van der Waals surface area contributed by atoms with E-state index in [1.54, 1.807) is 0 Å². The summed E-state index contributed by atoms with van der Waals surface area (Å²) in [6, 6.07) is 8.36. The molecule has 100 valence electrons. The average Bonchev–Trinajstić information content (AvgIpc) is 2.96. The molecule has 0 aliphatic carbocycles. The van der Waals surface area contributed by atoms with Gasteiger partial charge in [0.25, 0.3) is 0 Å². The standard InChI is InChI=1S/C16H21N3/c1-13-4-5-15(14(10-13)11-17)18-12-16-6-2-8-19(16)9-3-7-16/h4-5,10,18H,2-3,6-9,12H2,1H3. The summed E-state index contributed by atoms with van der Waals surface area (Å²) < 4.78 is 0. The molecule has 1 aromatic carbocycles. The predicted octanol–water partition coefficient (Wildman–Crippen LogP) is 2.91. The van der Waals surface area contributed by atoms with Gasteiger partial charge in [-0.15, -0.1) is 0 Å². The van der Waals surface area contributed by atoms with E-state index in [2.05, 4.69) is 22.4 Å². The van der Waals surface area contributed by atoms with Gasteiger partial charge in [0.15, 0.2) is 0 Å². The summed E-state index contributed by atoms with van der Waals surface area (Å²) >= 11 is 0. The molecule has 2 aliphatic rings. The van der Waals surface area contributed by atoms with Crippen LogP contribution in [0.1, 0.15) is 36.8 Å². The van der Waals surface area contributed by atoms with Crippen LogP contribution in [-0.2, 0) is 0 Å². The van der Waals surface area contributed by atoms with Crippen molar-refractivity contribution in [2.24, 2.45) is 0 Å².